The highest BCUT2D eigenvalue weighted by atomic mass is 32.2. The minimum absolute atomic E-state index is 0.110. The quantitative estimate of drug-likeness (QED) is 0.603. The molecule has 0 aliphatic carbocycles. The molecule has 2 N–H and O–H groups in total. The van der Waals surface area contributed by atoms with E-state index in [4.69, 9.17) is 0 Å². The van der Waals surface area contributed by atoms with Crippen molar-refractivity contribution in [2.75, 3.05) is 5.75 Å². The molecule has 0 radical (unpaired) electrons. The molecule has 0 aliphatic rings. The number of thioether (sulfide) groups is 1. The summed E-state index contributed by atoms with van der Waals surface area (Å²) in [6.07, 6.45) is 0. The first kappa shape index (κ1) is 12.3. The third-order valence-corrected chi connectivity index (χ3v) is 3.25. The molecule has 0 fully saturated rings. The van der Waals surface area contributed by atoms with Crippen molar-refractivity contribution in [1.82, 2.24) is 9.97 Å². The summed E-state index contributed by atoms with van der Waals surface area (Å²) in [5.74, 6) is 0.498. The zero-order valence-electron chi connectivity index (χ0n) is 9.42. The maximum Gasteiger partial charge on any atom is 0.254 e. The number of aliphatic hydroxyl groups is 1. The summed E-state index contributed by atoms with van der Waals surface area (Å²) in [7, 11) is 0. The Morgan fingerprint density at radius 1 is 1.47 bits per heavy atom. The summed E-state index contributed by atoms with van der Waals surface area (Å²) >= 11 is 1.35. The minimum Gasteiger partial charge on any atom is -0.390 e. The molecular weight excluding hydrogens is 212 g/mol. The number of H-pyrrole nitrogens is 1. The van der Waals surface area contributed by atoms with Gasteiger partial charge in [-0.05, 0) is 27.7 Å². The third kappa shape index (κ3) is 3.68. The van der Waals surface area contributed by atoms with E-state index in [0.29, 0.717) is 16.5 Å². The Morgan fingerprint density at radius 2 is 2.07 bits per heavy atom. The van der Waals surface area contributed by atoms with Crippen molar-refractivity contribution in [3.63, 3.8) is 0 Å². The lowest BCUT2D eigenvalue weighted by Crippen LogP contribution is -2.22. The molecule has 1 heterocycles. The molecule has 0 amide bonds. The van der Waals surface area contributed by atoms with E-state index in [9.17, 15) is 9.90 Å². The van der Waals surface area contributed by atoms with E-state index in [2.05, 4.69) is 9.97 Å². The molecule has 1 aromatic heterocycles. The van der Waals surface area contributed by atoms with Crippen LogP contribution in [-0.2, 0) is 0 Å². The summed E-state index contributed by atoms with van der Waals surface area (Å²) in [6, 6.07) is 0. The van der Waals surface area contributed by atoms with Crippen LogP contribution in [0.5, 0.6) is 0 Å². The van der Waals surface area contributed by atoms with Gasteiger partial charge < -0.3 is 10.1 Å². The first-order chi connectivity index (χ1) is 6.79. The largest absolute Gasteiger partial charge is 0.390 e. The van der Waals surface area contributed by atoms with Gasteiger partial charge in [0.25, 0.3) is 5.56 Å². The van der Waals surface area contributed by atoms with Crippen LogP contribution in [-0.4, -0.2) is 26.4 Å². The third-order valence-electron chi connectivity index (χ3n) is 1.94. The van der Waals surface area contributed by atoms with Crippen LogP contribution in [0.1, 0.15) is 25.1 Å². The highest BCUT2D eigenvalue weighted by Crippen LogP contribution is 2.18. The Labute approximate surface area is 93.1 Å². The second kappa shape index (κ2) is 4.37. The number of aromatic amines is 1. The van der Waals surface area contributed by atoms with Gasteiger partial charge >= 0.3 is 0 Å². The van der Waals surface area contributed by atoms with E-state index < -0.39 is 5.60 Å². The molecule has 0 atom stereocenters. The highest BCUT2D eigenvalue weighted by Gasteiger charge is 2.14. The summed E-state index contributed by atoms with van der Waals surface area (Å²) in [4.78, 5) is 18.3. The van der Waals surface area contributed by atoms with E-state index in [1.165, 1.54) is 11.8 Å². The molecule has 0 aromatic carbocycles. The van der Waals surface area contributed by atoms with Gasteiger partial charge in [-0.25, -0.2) is 4.98 Å². The monoisotopic (exact) mass is 228 g/mol. The van der Waals surface area contributed by atoms with Crippen LogP contribution in [0.15, 0.2) is 9.95 Å². The van der Waals surface area contributed by atoms with Crippen molar-refractivity contribution in [3.05, 3.63) is 21.6 Å². The van der Waals surface area contributed by atoms with Crippen LogP contribution in [0, 0.1) is 13.8 Å². The zero-order chi connectivity index (χ0) is 11.6. The Kier molecular flexibility index (Phi) is 3.57. The number of nitrogens with one attached hydrogen (secondary N) is 1. The SMILES string of the molecule is Cc1nc(SCC(C)(C)O)[nH]c(=O)c1C. The van der Waals surface area contributed by atoms with Gasteiger partial charge in [-0.2, -0.15) is 0 Å². The van der Waals surface area contributed by atoms with E-state index in [0.717, 1.165) is 5.69 Å². The lowest BCUT2D eigenvalue weighted by Gasteiger charge is -2.15. The molecule has 0 aliphatic heterocycles. The van der Waals surface area contributed by atoms with Gasteiger partial charge in [0.15, 0.2) is 5.16 Å². The number of rotatable bonds is 3. The molecule has 1 aromatic rings. The lowest BCUT2D eigenvalue weighted by molar-refractivity contribution is 0.107. The van der Waals surface area contributed by atoms with Crippen molar-refractivity contribution < 1.29 is 5.11 Å². The summed E-state index contributed by atoms with van der Waals surface area (Å²) in [5, 5.41) is 10.1. The Bertz CT molecular complexity index is 407. The lowest BCUT2D eigenvalue weighted by atomic mass is 10.2. The van der Waals surface area contributed by atoms with Gasteiger partial charge in [0.05, 0.1) is 5.60 Å². The van der Waals surface area contributed by atoms with Gasteiger partial charge in [0.2, 0.25) is 0 Å². The first-order valence-electron chi connectivity index (χ1n) is 4.72. The smallest absolute Gasteiger partial charge is 0.254 e. The molecule has 5 heteroatoms. The molecule has 0 unspecified atom stereocenters. The summed E-state index contributed by atoms with van der Waals surface area (Å²) < 4.78 is 0. The van der Waals surface area contributed by atoms with Crippen LogP contribution in [0.2, 0.25) is 0 Å². The fraction of sp³-hybridized carbons (Fsp3) is 0.600. The average Bonchev–Trinajstić information content (AvgIpc) is 2.09. The molecule has 0 spiro atoms. The van der Waals surface area contributed by atoms with Gasteiger partial charge in [-0.3, -0.25) is 4.79 Å². The van der Waals surface area contributed by atoms with Crippen molar-refractivity contribution in [3.8, 4) is 0 Å². The summed E-state index contributed by atoms with van der Waals surface area (Å²) in [5.41, 5.74) is 0.502. The van der Waals surface area contributed by atoms with Crippen molar-refractivity contribution >= 4 is 11.8 Å². The van der Waals surface area contributed by atoms with Crippen molar-refractivity contribution in [1.29, 1.82) is 0 Å². The molecule has 0 saturated carbocycles. The predicted octanol–water partition coefficient (Wildman–Crippen LogP) is 1.25. The van der Waals surface area contributed by atoms with Crippen LogP contribution in [0.4, 0.5) is 0 Å². The topological polar surface area (TPSA) is 66.0 Å². The number of aromatic nitrogens is 2. The van der Waals surface area contributed by atoms with Gasteiger partial charge in [0, 0.05) is 17.0 Å². The maximum absolute atomic E-state index is 11.4. The van der Waals surface area contributed by atoms with Crippen molar-refractivity contribution in [2.24, 2.45) is 0 Å². The molecule has 84 valence electrons. The van der Waals surface area contributed by atoms with E-state index >= 15 is 0 Å². The maximum atomic E-state index is 11.4. The normalized spacial score (nSPS) is 11.8. The zero-order valence-corrected chi connectivity index (χ0v) is 10.2. The number of nitrogens with zero attached hydrogens (tertiary/aromatic N) is 1. The van der Waals surface area contributed by atoms with E-state index in [1.807, 2.05) is 0 Å². The minimum atomic E-state index is -0.762. The fourth-order valence-electron chi connectivity index (χ4n) is 0.933. The molecule has 1 rings (SSSR count). The number of aryl methyl sites for hydroxylation is 1. The first-order valence-corrected chi connectivity index (χ1v) is 5.71. The Morgan fingerprint density at radius 3 is 2.53 bits per heavy atom. The van der Waals surface area contributed by atoms with Crippen LogP contribution >= 0.6 is 11.8 Å². The van der Waals surface area contributed by atoms with Gasteiger partial charge in [0.1, 0.15) is 0 Å². The number of hydrogen-bond donors (Lipinski definition) is 2. The van der Waals surface area contributed by atoms with Crippen LogP contribution in [0.3, 0.4) is 0 Å². The molecule has 0 bridgehead atoms. The van der Waals surface area contributed by atoms with Crippen molar-refractivity contribution in [2.45, 2.75) is 38.5 Å². The van der Waals surface area contributed by atoms with Crippen LogP contribution < -0.4 is 5.56 Å². The Balaban J connectivity index is 2.84. The predicted molar refractivity (Wildman–Crippen MR) is 61.4 cm³/mol. The highest BCUT2D eigenvalue weighted by molar-refractivity contribution is 7.99. The molecule has 0 saturated heterocycles. The second-order valence-corrected chi connectivity index (χ2v) is 5.15. The van der Waals surface area contributed by atoms with E-state index in [-0.39, 0.29) is 5.56 Å². The number of hydrogen-bond acceptors (Lipinski definition) is 4. The fourth-order valence-corrected chi connectivity index (χ4v) is 1.79. The van der Waals surface area contributed by atoms with E-state index in [1.54, 1.807) is 27.7 Å². The van der Waals surface area contributed by atoms with Gasteiger partial charge in [-0.15, -0.1) is 0 Å². The molecule has 15 heavy (non-hydrogen) atoms. The Hall–Kier alpha value is -0.810. The average molecular weight is 228 g/mol. The standard InChI is InChI=1S/C10H16N2O2S/c1-6-7(2)11-9(12-8(6)13)15-5-10(3,4)14/h14H,5H2,1-4H3,(H,11,12,13). The molecular formula is C10H16N2O2S. The summed E-state index contributed by atoms with van der Waals surface area (Å²) in [6.45, 7) is 6.99. The van der Waals surface area contributed by atoms with Gasteiger partial charge in [-0.1, -0.05) is 11.8 Å². The second-order valence-electron chi connectivity index (χ2n) is 4.18. The van der Waals surface area contributed by atoms with Crippen LogP contribution in [0.25, 0.3) is 0 Å². The molecule has 4 nitrogen and oxygen atoms in total.